The molecule has 24 heavy (non-hydrogen) atoms. The standard InChI is InChI=1S/C18H28N2OS.C2H6/c1-4-5-6-7-12-18-19-16-10-8-9-11-17(16)20(18)15-21-13-14-22(2)3;1-2/h8-11H,2,4-7,12-15H2,1,3H3;1-2H3. The zero-order chi connectivity index (χ0) is 17.8. The maximum atomic E-state index is 5.86. The highest BCUT2D eigenvalue weighted by Crippen LogP contribution is 2.18. The van der Waals surface area contributed by atoms with Crippen molar-refractivity contribution < 1.29 is 4.74 Å². The molecule has 136 valence electrons. The highest BCUT2D eigenvalue weighted by Gasteiger charge is 2.10. The van der Waals surface area contributed by atoms with Gasteiger partial charge in [0.25, 0.3) is 0 Å². The van der Waals surface area contributed by atoms with E-state index in [1.807, 2.05) is 19.9 Å². The van der Waals surface area contributed by atoms with Gasteiger partial charge in [-0.1, -0.05) is 58.0 Å². The number of aromatic nitrogens is 2. The lowest BCUT2D eigenvalue weighted by molar-refractivity contribution is 0.0905. The minimum absolute atomic E-state index is 0.197. The fourth-order valence-electron chi connectivity index (χ4n) is 2.53. The minimum atomic E-state index is 0.197. The summed E-state index contributed by atoms with van der Waals surface area (Å²) in [6, 6.07) is 8.33. The fourth-order valence-corrected chi connectivity index (χ4v) is 2.93. The van der Waals surface area contributed by atoms with E-state index < -0.39 is 0 Å². The van der Waals surface area contributed by atoms with Gasteiger partial charge in [-0.25, -0.2) is 4.98 Å². The first-order chi connectivity index (χ1) is 11.7. The molecule has 2 rings (SSSR count). The van der Waals surface area contributed by atoms with E-state index in [0.717, 1.165) is 30.1 Å². The molecule has 2 aromatic rings. The first kappa shape index (κ1) is 20.9. The van der Waals surface area contributed by atoms with Crippen LogP contribution in [0.3, 0.4) is 0 Å². The van der Waals surface area contributed by atoms with Gasteiger partial charge in [-0.3, -0.25) is 0 Å². The lowest BCUT2D eigenvalue weighted by atomic mass is 10.1. The third kappa shape index (κ3) is 6.78. The molecule has 0 amide bonds. The van der Waals surface area contributed by atoms with E-state index in [4.69, 9.17) is 9.72 Å². The largest absolute Gasteiger partial charge is 0.360 e. The Labute approximate surface area is 150 Å². The average molecular weight is 351 g/mol. The molecule has 0 aliphatic rings. The molecule has 0 bridgehead atoms. The third-order valence-electron chi connectivity index (χ3n) is 3.78. The van der Waals surface area contributed by atoms with Crippen LogP contribution in [0.5, 0.6) is 0 Å². The van der Waals surface area contributed by atoms with Gasteiger partial charge in [0.1, 0.15) is 12.6 Å². The number of hydrogen-bond donors (Lipinski definition) is 0. The minimum Gasteiger partial charge on any atom is -0.360 e. The highest BCUT2D eigenvalue weighted by molar-refractivity contribution is 8.13. The summed E-state index contributed by atoms with van der Waals surface area (Å²) in [4.78, 5) is 4.80. The second-order valence-electron chi connectivity index (χ2n) is 5.78. The highest BCUT2D eigenvalue weighted by atomic mass is 32.2. The van der Waals surface area contributed by atoms with Crippen molar-refractivity contribution in [1.82, 2.24) is 9.55 Å². The molecule has 4 heteroatoms. The summed E-state index contributed by atoms with van der Waals surface area (Å²) in [7, 11) is 0.197. The number of fused-ring (bicyclic) bond motifs is 1. The van der Waals surface area contributed by atoms with Crippen LogP contribution in [0.25, 0.3) is 11.0 Å². The number of imidazole rings is 1. The van der Waals surface area contributed by atoms with Crippen molar-refractivity contribution in [2.75, 3.05) is 18.6 Å². The molecule has 1 heterocycles. The summed E-state index contributed by atoms with van der Waals surface area (Å²) in [6.07, 6.45) is 8.23. The van der Waals surface area contributed by atoms with Crippen molar-refractivity contribution >= 4 is 27.4 Å². The van der Waals surface area contributed by atoms with Crippen LogP contribution < -0.4 is 0 Å². The summed E-state index contributed by atoms with van der Waals surface area (Å²) in [5.74, 6) is 6.21. The molecular formula is C20H34N2OS. The van der Waals surface area contributed by atoms with E-state index in [2.05, 4.69) is 41.8 Å². The van der Waals surface area contributed by atoms with Gasteiger partial charge >= 0.3 is 0 Å². The molecule has 0 N–H and O–H groups in total. The second-order valence-corrected chi connectivity index (χ2v) is 7.75. The van der Waals surface area contributed by atoms with Gasteiger partial charge in [-0.15, -0.1) is 0 Å². The van der Waals surface area contributed by atoms with E-state index in [1.54, 1.807) is 0 Å². The average Bonchev–Trinajstić information content (AvgIpc) is 2.95. The van der Waals surface area contributed by atoms with Crippen LogP contribution in [-0.2, 0) is 17.9 Å². The van der Waals surface area contributed by atoms with Crippen LogP contribution >= 0.6 is 10.5 Å². The topological polar surface area (TPSA) is 27.1 Å². The molecule has 1 aromatic carbocycles. The summed E-state index contributed by atoms with van der Waals surface area (Å²) in [5.41, 5.74) is 2.25. The maximum absolute atomic E-state index is 5.86. The molecule has 1 unspecified atom stereocenters. The maximum Gasteiger partial charge on any atom is 0.124 e. The number of benzene rings is 1. The van der Waals surface area contributed by atoms with E-state index in [9.17, 15) is 0 Å². The Kier molecular flexibility index (Phi) is 10.7. The van der Waals surface area contributed by atoms with Gasteiger partial charge in [-0.05, 0) is 24.8 Å². The number of ether oxygens (including phenoxy) is 1. The lowest BCUT2D eigenvalue weighted by Crippen LogP contribution is -2.09. The second kappa shape index (κ2) is 12.3. The first-order valence-electron chi connectivity index (χ1n) is 9.16. The van der Waals surface area contributed by atoms with Gasteiger partial charge in [0.2, 0.25) is 0 Å². The molecular weight excluding hydrogens is 316 g/mol. The predicted octanol–water partition coefficient (Wildman–Crippen LogP) is 5.49. The molecule has 0 saturated carbocycles. The van der Waals surface area contributed by atoms with Gasteiger partial charge in [-0.2, -0.15) is 10.5 Å². The monoisotopic (exact) mass is 350 g/mol. The Bertz CT molecular complexity index is 607. The molecule has 3 nitrogen and oxygen atoms in total. The molecule has 0 spiro atoms. The summed E-state index contributed by atoms with van der Waals surface area (Å²) in [6.45, 7) is 7.61. The van der Waals surface area contributed by atoms with Crippen LogP contribution in [0.1, 0.15) is 52.3 Å². The van der Waals surface area contributed by atoms with Crippen molar-refractivity contribution in [3.05, 3.63) is 30.1 Å². The van der Waals surface area contributed by atoms with E-state index >= 15 is 0 Å². The van der Waals surface area contributed by atoms with E-state index in [-0.39, 0.29) is 10.5 Å². The van der Waals surface area contributed by atoms with Crippen molar-refractivity contribution in [3.63, 3.8) is 0 Å². The molecule has 0 fully saturated rings. The summed E-state index contributed by atoms with van der Waals surface area (Å²) >= 11 is 0. The van der Waals surface area contributed by atoms with Crippen LogP contribution in [0.15, 0.2) is 24.3 Å². The Hall–Kier alpha value is -1.13. The normalized spacial score (nSPS) is 12.0. The molecule has 0 aliphatic carbocycles. The van der Waals surface area contributed by atoms with E-state index in [0.29, 0.717) is 6.73 Å². The van der Waals surface area contributed by atoms with Gasteiger partial charge in [0.05, 0.1) is 17.6 Å². The van der Waals surface area contributed by atoms with Crippen molar-refractivity contribution in [3.8, 4) is 0 Å². The van der Waals surface area contributed by atoms with E-state index in [1.165, 1.54) is 31.2 Å². The number of hydrogen-bond acceptors (Lipinski definition) is 2. The quantitative estimate of drug-likeness (QED) is 0.418. The zero-order valence-electron chi connectivity index (χ0n) is 15.9. The predicted molar refractivity (Wildman–Crippen MR) is 110 cm³/mol. The molecule has 0 radical (unpaired) electrons. The molecule has 0 aliphatic heterocycles. The molecule has 1 aromatic heterocycles. The Balaban J connectivity index is 0.00000139. The molecule has 0 saturated heterocycles. The first-order valence-corrected chi connectivity index (χ1v) is 11.1. The summed E-state index contributed by atoms with van der Waals surface area (Å²) in [5, 5.41) is 0. The van der Waals surface area contributed by atoms with Crippen molar-refractivity contribution in [2.24, 2.45) is 0 Å². The van der Waals surface area contributed by atoms with Crippen molar-refractivity contribution in [2.45, 2.75) is 59.6 Å². The molecule has 1 atom stereocenters. The van der Waals surface area contributed by atoms with Gasteiger partial charge < -0.3 is 9.30 Å². The van der Waals surface area contributed by atoms with Crippen LogP contribution in [-0.4, -0.2) is 34.0 Å². The van der Waals surface area contributed by atoms with Crippen LogP contribution in [0.4, 0.5) is 0 Å². The van der Waals surface area contributed by atoms with Crippen LogP contribution in [0.2, 0.25) is 0 Å². The number of nitrogens with zero attached hydrogens (tertiary/aromatic N) is 2. The zero-order valence-corrected chi connectivity index (χ0v) is 16.7. The van der Waals surface area contributed by atoms with Crippen molar-refractivity contribution in [1.29, 1.82) is 0 Å². The smallest absolute Gasteiger partial charge is 0.124 e. The lowest BCUT2D eigenvalue weighted by Gasteiger charge is -2.10. The Morgan fingerprint density at radius 1 is 1.17 bits per heavy atom. The number of para-hydroxylation sites is 2. The van der Waals surface area contributed by atoms with Gasteiger partial charge in [0.15, 0.2) is 0 Å². The third-order valence-corrected chi connectivity index (χ3v) is 4.65. The Morgan fingerprint density at radius 2 is 1.92 bits per heavy atom. The summed E-state index contributed by atoms with van der Waals surface area (Å²) < 4.78 is 8.09. The van der Waals surface area contributed by atoms with Crippen LogP contribution in [0, 0.1) is 0 Å². The van der Waals surface area contributed by atoms with Gasteiger partial charge in [0, 0.05) is 12.2 Å². The number of unbranched alkanes of at least 4 members (excludes halogenated alkanes) is 3. The SMILES string of the molecule is C=S(C)CCOCn1c(CCCCCC)nc2ccccc21.CC. The number of rotatable bonds is 10. The fraction of sp³-hybridized carbons (Fsp3) is 0.600. The Morgan fingerprint density at radius 3 is 2.62 bits per heavy atom. The number of aryl methyl sites for hydroxylation is 1.